The van der Waals surface area contributed by atoms with Gasteiger partial charge in [0.15, 0.2) is 5.84 Å². The highest BCUT2D eigenvalue weighted by molar-refractivity contribution is 7.99. The summed E-state index contributed by atoms with van der Waals surface area (Å²) < 4.78 is 15.3. The average Bonchev–Trinajstić information content (AvgIpc) is 2.74. The summed E-state index contributed by atoms with van der Waals surface area (Å²) in [6, 6.07) is 4.54. The zero-order valence-corrected chi connectivity index (χ0v) is 10.4. The van der Waals surface area contributed by atoms with Gasteiger partial charge in [-0.25, -0.2) is 4.39 Å². The van der Waals surface area contributed by atoms with Crippen LogP contribution in [0.3, 0.4) is 0 Å². The molecular formula is C11H11FN4OS. The molecule has 0 atom stereocenters. The number of nitrogens with zero attached hydrogens (tertiary/aromatic N) is 3. The number of aromatic nitrogens is 2. The van der Waals surface area contributed by atoms with Crippen LogP contribution in [0, 0.1) is 5.82 Å². The van der Waals surface area contributed by atoms with E-state index in [-0.39, 0.29) is 11.4 Å². The first-order valence-corrected chi connectivity index (χ1v) is 5.86. The molecule has 1 aromatic heterocycles. The van der Waals surface area contributed by atoms with Crippen LogP contribution < -0.4 is 5.73 Å². The van der Waals surface area contributed by atoms with E-state index in [1.807, 2.05) is 0 Å². The third kappa shape index (κ3) is 2.45. The molecular weight excluding hydrogens is 255 g/mol. The van der Waals surface area contributed by atoms with Gasteiger partial charge in [0.25, 0.3) is 0 Å². The summed E-state index contributed by atoms with van der Waals surface area (Å²) in [7, 11) is 1.79. The summed E-state index contributed by atoms with van der Waals surface area (Å²) in [5.41, 5.74) is 5.57. The fraction of sp³-hybridized carbons (Fsp3) is 0.0909. The number of nitrogens with two attached hydrogens (primary N) is 1. The van der Waals surface area contributed by atoms with Crippen LogP contribution in [0.4, 0.5) is 4.39 Å². The van der Waals surface area contributed by atoms with Gasteiger partial charge in [-0.1, -0.05) is 23.0 Å². The SMILES string of the molecule is Cn1cc(Sc2cccc(F)c2C(N)=NO)cn1. The topological polar surface area (TPSA) is 76.4 Å². The monoisotopic (exact) mass is 266 g/mol. The lowest BCUT2D eigenvalue weighted by atomic mass is 10.2. The molecule has 0 spiro atoms. The molecule has 0 unspecified atom stereocenters. The van der Waals surface area contributed by atoms with Crippen LogP contribution in [0.15, 0.2) is 45.5 Å². The Balaban J connectivity index is 2.41. The predicted molar refractivity (Wildman–Crippen MR) is 66.2 cm³/mol. The van der Waals surface area contributed by atoms with Crippen molar-refractivity contribution in [3.05, 3.63) is 42.0 Å². The molecule has 94 valence electrons. The van der Waals surface area contributed by atoms with E-state index in [1.54, 1.807) is 36.3 Å². The van der Waals surface area contributed by atoms with Gasteiger partial charge in [0.2, 0.25) is 0 Å². The lowest BCUT2D eigenvalue weighted by molar-refractivity contribution is 0.318. The molecule has 0 amide bonds. The number of hydrogen-bond acceptors (Lipinski definition) is 4. The lowest BCUT2D eigenvalue weighted by Gasteiger charge is -2.07. The van der Waals surface area contributed by atoms with Gasteiger partial charge in [-0.05, 0) is 12.1 Å². The van der Waals surface area contributed by atoms with Gasteiger partial charge in [-0.15, -0.1) is 0 Å². The van der Waals surface area contributed by atoms with E-state index in [0.717, 1.165) is 4.90 Å². The second-order valence-corrected chi connectivity index (χ2v) is 4.67. The van der Waals surface area contributed by atoms with E-state index in [4.69, 9.17) is 10.9 Å². The standard InChI is InChI=1S/C11H11FN4OS/c1-16-6-7(5-14-16)18-9-4-2-3-8(12)10(9)11(13)15-17/h2-6,17H,1H3,(H2,13,15). The number of rotatable bonds is 3. The van der Waals surface area contributed by atoms with Crippen LogP contribution in [-0.2, 0) is 7.05 Å². The number of benzene rings is 1. The van der Waals surface area contributed by atoms with Gasteiger partial charge in [0, 0.05) is 18.1 Å². The van der Waals surface area contributed by atoms with Gasteiger partial charge in [0.05, 0.1) is 16.7 Å². The Morgan fingerprint density at radius 2 is 2.33 bits per heavy atom. The predicted octanol–water partition coefficient (Wildman–Crippen LogP) is 1.80. The first kappa shape index (κ1) is 12.4. The Hall–Kier alpha value is -2.02. The second-order valence-electron chi connectivity index (χ2n) is 3.55. The van der Waals surface area contributed by atoms with Crippen LogP contribution in [0.2, 0.25) is 0 Å². The van der Waals surface area contributed by atoms with E-state index >= 15 is 0 Å². The molecule has 0 bridgehead atoms. The average molecular weight is 266 g/mol. The number of halogens is 1. The molecule has 1 heterocycles. The Morgan fingerprint density at radius 3 is 2.94 bits per heavy atom. The van der Waals surface area contributed by atoms with Gasteiger partial charge in [-0.2, -0.15) is 5.10 Å². The maximum Gasteiger partial charge on any atom is 0.174 e. The molecule has 2 rings (SSSR count). The maximum absolute atomic E-state index is 13.7. The molecule has 3 N–H and O–H groups in total. The highest BCUT2D eigenvalue weighted by Gasteiger charge is 2.14. The largest absolute Gasteiger partial charge is 0.409 e. The zero-order chi connectivity index (χ0) is 13.1. The van der Waals surface area contributed by atoms with Crippen molar-refractivity contribution in [2.24, 2.45) is 17.9 Å². The Bertz CT molecular complexity index is 596. The minimum atomic E-state index is -0.529. The van der Waals surface area contributed by atoms with Gasteiger partial charge in [-0.3, -0.25) is 4.68 Å². The van der Waals surface area contributed by atoms with Crippen molar-refractivity contribution < 1.29 is 9.60 Å². The summed E-state index contributed by atoms with van der Waals surface area (Å²) in [4.78, 5) is 1.41. The summed E-state index contributed by atoms with van der Waals surface area (Å²) in [5.74, 6) is -0.779. The fourth-order valence-electron chi connectivity index (χ4n) is 1.47. The molecule has 0 saturated carbocycles. The first-order valence-electron chi connectivity index (χ1n) is 5.04. The smallest absolute Gasteiger partial charge is 0.174 e. The number of oxime groups is 1. The molecule has 5 nitrogen and oxygen atoms in total. The number of hydrogen-bond donors (Lipinski definition) is 2. The van der Waals surface area contributed by atoms with Crippen molar-refractivity contribution in [1.29, 1.82) is 0 Å². The van der Waals surface area contributed by atoms with Crippen LogP contribution in [0.1, 0.15) is 5.56 Å². The van der Waals surface area contributed by atoms with Crippen molar-refractivity contribution >= 4 is 17.6 Å². The fourth-order valence-corrected chi connectivity index (χ4v) is 2.48. The maximum atomic E-state index is 13.7. The molecule has 0 radical (unpaired) electrons. The molecule has 0 fully saturated rings. The van der Waals surface area contributed by atoms with Crippen molar-refractivity contribution in [3.63, 3.8) is 0 Å². The highest BCUT2D eigenvalue weighted by Crippen LogP contribution is 2.31. The Morgan fingerprint density at radius 1 is 1.56 bits per heavy atom. The van der Waals surface area contributed by atoms with Gasteiger partial charge in [0.1, 0.15) is 5.82 Å². The third-order valence-electron chi connectivity index (χ3n) is 2.25. The molecule has 7 heteroatoms. The van der Waals surface area contributed by atoms with Crippen molar-refractivity contribution in [2.75, 3.05) is 0 Å². The number of amidine groups is 1. The summed E-state index contributed by atoms with van der Waals surface area (Å²) >= 11 is 1.30. The molecule has 2 aromatic rings. The second kappa shape index (κ2) is 5.09. The van der Waals surface area contributed by atoms with E-state index < -0.39 is 5.82 Å². The summed E-state index contributed by atoms with van der Waals surface area (Å²) in [5, 5.41) is 15.5. The van der Waals surface area contributed by atoms with Crippen molar-refractivity contribution in [2.45, 2.75) is 9.79 Å². The van der Waals surface area contributed by atoms with Crippen molar-refractivity contribution in [1.82, 2.24) is 9.78 Å². The van der Waals surface area contributed by atoms with E-state index in [0.29, 0.717) is 4.90 Å². The molecule has 18 heavy (non-hydrogen) atoms. The van der Waals surface area contributed by atoms with Crippen LogP contribution in [0.5, 0.6) is 0 Å². The Labute approximate surface area is 107 Å². The van der Waals surface area contributed by atoms with Gasteiger partial charge < -0.3 is 10.9 Å². The first-order chi connectivity index (χ1) is 8.61. The van der Waals surface area contributed by atoms with Crippen LogP contribution >= 0.6 is 11.8 Å². The minimum absolute atomic E-state index is 0.0915. The molecule has 0 aliphatic carbocycles. The van der Waals surface area contributed by atoms with Gasteiger partial charge >= 0.3 is 0 Å². The van der Waals surface area contributed by atoms with E-state index in [1.165, 1.54) is 17.8 Å². The normalized spacial score (nSPS) is 11.8. The Kier molecular flexibility index (Phi) is 3.52. The van der Waals surface area contributed by atoms with Crippen molar-refractivity contribution in [3.8, 4) is 0 Å². The summed E-state index contributed by atoms with van der Waals surface area (Å²) in [6.45, 7) is 0. The lowest BCUT2D eigenvalue weighted by Crippen LogP contribution is -2.16. The molecule has 0 saturated heterocycles. The number of aryl methyl sites for hydroxylation is 1. The van der Waals surface area contributed by atoms with Crippen LogP contribution in [0.25, 0.3) is 0 Å². The molecule has 1 aromatic carbocycles. The summed E-state index contributed by atoms with van der Waals surface area (Å²) in [6.07, 6.45) is 3.46. The molecule has 0 aliphatic rings. The molecule has 0 aliphatic heterocycles. The highest BCUT2D eigenvalue weighted by atomic mass is 32.2. The van der Waals surface area contributed by atoms with Crippen LogP contribution in [-0.4, -0.2) is 20.8 Å². The van der Waals surface area contributed by atoms with E-state index in [9.17, 15) is 4.39 Å². The third-order valence-corrected chi connectivity index (χ3v) is 3.25. The minimum Gasteiger partial charge on any atom is -0.409 e. The van der Waals surface area contributed by atoms with E-state index in [2.05, 4.69) is 10.3 Å². The quantitative estimate of drug-likeness (QED) is 0.384. The zero-order valence-electron chi connectivity index (χ0n) is 9.54.